The number of carbonyl (C=O) groups is 2. The van der Waals surface area contributed by atoms with Crippen molar-refractivity contribution in [2.45, 2.75) is 6.18 Å². The molecule has 0 radical (unpaired) electrons. The van der Waals surface area contributed by atoms with Crippen molar-refractivity contribution >= 4 is 28.9 Å². The molecule has 0 aromatic heterocycles. The van der Waals surface area contributed by atoms with Crippen molar-refractivity contribution in [2.75, 3.05) is 30.3 Å². The van der Waals surface area contributed by atoms with Crippen LogP contribution in [-0.4, -0.2) is 49.3 Å². The molecule has 0 bridgehead atoms. The Bertz CT molecular complexity index is 961. The minimum Gasteiger partial charge on any atom is -0.364 e. The van der Waals surface area contributed by atoms with Crippen LogP contribution in [0.5, 0.6) is 0 Å². The van der Waals surface area contributed by atoms with Gasteiger partial charge in [-0.2, -0.15) is 18.2 Å². The number of halogens is 3. The number of amides is 2. The van der Waals surface area contributed by atoms with E-state index in [-0.39, 0.29) is 24.7 Å². The highest BCUT2D eigenvalue weighted by atomic mass is 19.4. The number of benzene rings is 2. The number of nitrogens with zero attached hydrogens (tertiary/aromatic N) is 3. The normalized spacial score (nSPS) is 14.2. The summed E-state index contributed by atoms with van der Waals surface area (Å²) < 4.78 is 43.2. The number of ether oxygens (including phenoxy) is 1. The number of carbonyl (C=O) groups excluding carboxylic acids is 2. The number of hydrogen-bond acceptors (Lipinski definition) is 5. The van der Waals surface area contributed by atoms with E-state index in [9.17, 15) is 28.0 Å². The molecule has 0 saturated heterocycles. The van der Waals surface area contributed by atoms with Gasteiger partial charge in [-0.15, -0.1) is 0 Å². The molecule has 1 aliphatic heterocycles. The first-order valence-corrected chi connectivity index (χ1v) is 8.37. The Morgan fingerprint density at radius 3 is 2.55 bits per heavy atom. The fourth-order valence-corrected chi connectivity index (χ4v) is 2.88. The zero-order valence-corrected chi connectivity index (χ0v) is 15.2. The van der Waals surface area contributed by atoms with Crippen molar-refractivity contribution in [3.05, 3.63) is 59.7 Å². The van der Waals surface area contributed by atoms with Crippen molar-refractivity contribution in [1.29, 1.82) is 0 Å². The van der Waals surface area contributed by atoms with Crippen LogP contribution >= 0.6 is 0 Å². The van der Waals surface area contributed by atoms with E-state index in [0.29, 0.717) is 17.0 Å². The molecular formula is C19H16F3N3O4. The molecule has 2 amide bonds. The van der Waals surface area contributed by atoms with E-state index in [4.69, 9.17) is 4.74 Å². The highest BCUT2D eigenvalue weighted by Gasteiger charge is 2.43. The highest BCUT2D eigenvalue weighted by Crippen LogP contribution is 2.32. The predicted molar refractivity (Wildman–Crippen MR) is 98.1 cm³/mol. The second-order valence-corrected chi connectivity index (χ2v) is 6.09. The number of benzodiazepines with no additional fused rings is 1. The molecule has 0 fully saturated rings. The van der Waals surface area contributed by atoms with Crippen LogP contribution in [0.3, 0.4) is 0 Å². The predicted octanol–water partition coefficient (Wildman–Crippen LogP) is 2.76. The van der Waals surface area contributed by atoms with Gasteiger partial charge >= 0.3 is 12.1 Å². The van der Waals surface area contributed by atoms with Crippen LogP contribution < -0.4 is 9.96 Å². The molecule has 0 aliphatic carbocycles. The van der Waals surface area contributed by atoms with Gasteiger partial charge in [0.1, 0.15) is 13.3 Å². The third kappa shape index (κ3) is 4.13. The largest absolute Gasteiger partial charge is 0.473 e. The molecule has 2 aromatic rings. The van der Waals surface area contributed by atoms with Gasteiger partial charge in [-0.3, -0.25) is 24.7 Å². The summed E-state index contributed by atoms with van der Waals surface area (Å²) in [6, 6.07) is 12.3. The Morgan fingerprint density at radius 1 is 1.24 bits per heavy atom. The van der Waals surface area contributed by atoms with E-state index in [1.54, 1.807) is 30.3 Å². The molecular weight excluding hydrogens is 391 g/mol. The first kappa shape index (κ1) is 20.5. The fraction of sp³-hybridized carbons (Fsp3) is 0.211. The van der Waals surface area contributed by atoms with E-state index in [1.807, 2.05) is 0 Å². The van der Waals surface area contributed by atoms with Crippen LogP contribution in [0.4, 0.5) is 24.5 Å². The third-order valence-electron chi connectivity index (χ3n) is 4.18. The van der Waals surface area contributed by atoms with Crippen molar-refractivity contribution in [2.24, 2.45) is 4.99 Å². The van der Waals surface area contributed by atoms with Crippen LogP contribution in [-0.2, 0) is 14.3 Å². The molecule has 7 nitrogen and oxygen atoms in total. The average molecular weight is 407 g/mol. The van der Waals surface area contributed by atoms with E-state index < -0.39 is 22.8 Å². The lowest BCUT2D eigenvalue weighted by atomic mass is 9.99. The maximum absolute atomic E-state index is 12.7. The van der Waals surface area contributed by atoms with Gasteiger partial charge in [0.15, 0.2) is 0 Å². The number of anilines is 2. The SMILES string of the molecule is COCN1C(=O)CN=C(c2ccccc2)c2cc(N(O)C(=O)C(F)(F)F)ccc21. The lowest BCUT2D eigenvalue weighted by Crippen LogP contribution is -2.39. The van der Waals surface area contributed by atoms with E-state index in [1.165, 1.54) is 24.1 Å². The Labute approximate surface area is 163 Å². The number of hydroxylamine groups is 1. The Balaban J connectivity index is 2.16. The van der Waals surface area contributed by atoms with E-state index in [2.05, 4.69) is 4.99 Å². The van der Waals surface area contributed by atoms with Gasteiger partial charge in [0.2, 0.25) is 0 Å². The Hall–Kier alpha value is -3.24. The molecule has 0 saturated carbocycles. The molecule has 0 unspecified atom stereocenters. The zero-order valence-electron chi connectivity index (χ0n) is 15.2. The van der Waals surface area contributed by atoms with Crippen LogP contribution in [0.15, 0.2) is 53.5 Å². The van der Waals surface area contributed by atoms with E-state index >= 15 is 0 Å². The maximum atomic E-state index is 12.7. The number of fused-ring (bicyclic) bond motifs is 1. The fourth-order valence-electron chi connectivity index (χ4n) is 2.88. The molecule has 152 valence electrons. The number of hydrogen-bond donors (Lipinski definition) is 1. The van der Waals surface area contributed by atoms with Gasteiger partial charge in [-0.1, -0.05) is 30.3 Å². The van der Waals surface area contributed by atoms with Crippen LogP contribution in [0, 0.1) is 0 Å². The van der Waals surface area contributed by atoms with Crippen LogP contribution in [0.2, 0.25) is 0 Å². The first-order chi connectivity index (χ1) is 13.7. The molecule has 2 aromatic carbocycles. The highest BCUT2D eigenvalue weighted by molar-refractivity contribution is 6.20. The Kier molecular flexibility index (Phi) is 5.66. The summed E-state index contributed by atoms with van der Waals surface area (Å²) in [5, 5.41) is 9.32. The number of rotatable bonds is 4. The van der Waals surface area contributed by atoms with Gasteiger partial charge < -0.3 is 4.74 Å². The van der Waals surface area contributed by atoms with Gasteiger partial charge in [0.25, 0.3) is 5.91 Å². The summed E-state index contributed by atoms with van der Waals surface area (Å²) in [7, 11) is 1.39. The maximum Gasteiger partial charge on any atom is 0.473 e. The number of aliphatic imine (C=N–C) groups is 1. The molecule has 1 aliphatic rings. The smallest absolute Gasteiger partial charge is 0.364 e. The van der Waals surface area contributed by atoms with Gasteiger partial charge in [0, 0.05) is 18.2 Å². The van der Waals surface area contributed by atoms with Crippen molar-refractivity contribution < 1.29 is 32.7 Å². The van der Waals surface area contributed by atoms with Gasteiger partial charge in [-0.25, -0.2) is 0 Å². The lowest BCUT2D eigenvalue weighted by Gasteiger charge is -2.24. The summed E-state index contributed by atoms with van der Waals surface area (Å²) in [6.07, 6.45) is -5.25. The monoisotopic (exact) mass is 407 g/mol. The molecule has 0 atom stereocenters. The Morgan fingerprint density at radius 2 is 1.93 bits per heavy atom. The van der Waals surface area contributed by atoms with Crippen molar-refractivity contribution in [3.8, 4) is 0 Å². The van der Waals surface area contributed by atoms with Crippen LogP contribution in [0.1, 0.15) is 11.1 Å². The topological polar surface area (TPSA) is 82.4 Å². The number of alkyl halides is 3. The molecule has 29 heavy (non-hydrogen) atoms. The molecule has 1 N–H and O–H groups in total. The quantitative estimate of drug-likeness (QED) is 0.624. The second-order valence-electron chi connectivity index (χ2n) is 6.09. The number of methoxy groups -OCH3 is 1. The molecule has 0 spiro atoms. The molecule has 1 heterocycles. The summed E-state index contributed by atoms with van der Waals surface area (Å²) in [6.45, 7) is -0.311. The van der Waals surface area contributed by atoms with Crippen molar-refractivity contribution in [1.82, 2.24) is 0 Å². The van der Waals surface area contributed by atoms with Crippen molar-refractivity contribution in [3.63, 3.8) is 0 Å². The summed E-state index contributed by atoms with van der Waals surface area (Å²) in [5.41, 5.74) is 1.13. The first-order valence-electron chi connectivity index (χ1n) is 8.37. The van der Waals surface area contributed by atoms with Gasteiger partial charge in [-0.05, 0) is 18.2 Å². The zero-order chi connectivity index (χ0) is 21.2. The van der Waals surface area contributed by atoms with Gasteiger partial charge in [0.05, 0.1) is 17.1 Å². The van der Waals surface area contributed by atoms with Crippen LogP contribution in [0.25, 0.3) is 0 Å². The summed E-state index contributed by atoms with van der Waals surface area (Å²) in [4.78, 5) is 29.5. The minimum absolute atomic E-state index is 0.104. The minimum atomic E-state index is -5.25. The lowest BCUT2D eigenvalue weighted by molar-refractivity contribution is -0.175. The molecule has 10 heteroatoms. The molecule has 3 rings (SSSR count). The van der Waals surface area contributed by atoms with E-state index in [0.717, 1.165) is 6.07 Å². The second kappa shape index (κ2) is 8.02. The summed E-state index contributed by atoms with van der Waals surface area (Å²) >= 11 is 0. The average Bonchev–Trinajstić information content (AvgIpc) is 2.83. The third-order valence-corrected chi connectivity index (χ3v) is 4.18. The summed E-state index contributed by atoms with van der Waals surface area (Å²) in [5.74, 6) is -2.81. The standard InChI is InChI=1S/C19H16F3N3O4/c1-29-11-24-15-8-7-13(25(28)18(27)19(20,21)22)9-14(15)17(23-10-16(24)26)12-5-3-2-4-6-12/h2-9,28H,10-11H2,1H3.